The van der Waals surface area contributed by atoms with Crippen molar-refractivity contribution in [2.24, 2.45) is 0 Å². The van der Waals surface area contributed by atoms with Crippen molar-refractivity contribution in [1.29, 1.82) is 0 Å². The molecule has 2 N–H and O–H groups in total. The highest BCUT2D eigenvalue weighted by atomic mass is 16.5. The van der Waals surface area contributed by atoms with Crippen LogP contribution in [0.1, 0.15) is 37.7 Å². The highest BCUT2D eigenvalue weighted by molar-refractivity contribution is 5.90. The van der Waals surface area contributed by atoms with E-state index in [1.165, 1.54) is 6.42 Å². The van der Waals surface area contributed by atoms with Crippen LogP contribution in [0.3, 0.4) is 0 Å². The zero-order valence-electron chi connectivity index (χ0n) is 12.1. The summed E-state index contributed by atoms with van der Waals surface area (Å²) in [7, 11) is 0. The number of carbonyl (C=O) groups is 1. The third-order valence-corrected chi connectivity index (χ3v) is 3.45. The SMILES string of the molecule is O=C(CCC1CCCCO1)Nc1ccc(C#CCO)cc1. The van der Waals surface area contributed by atoms with Crippen LogP contribution in [0.25, 0.3) is 0 Å². The van der Waals surface area contributed by atoms with Crippen LogP contribution in [-0.2, 0) is 9.53 Å². The van der Waals surface area contributed by atoms with Crippen LogP contribution in [0.15, 0.2) is 24.3 Å². The minimum Gasteiger partial charge on any atom is -0.384 e. The van der Waals surface area contributed by atoms with E-state index in [4.69, 9.17) is 9.84 Å². The molecule has 1 atom stereocenters. The van der Waals surface area contributed by atoms with Crippen molar-refractivity contribution in [1.82, 2.24) is 0 Å². The molecule has 1 aromatic rings. The molecule has 1 heterocycles. The van der Waals surface area contributed by atoms with Crippen LogP contribution in [0.2, 0.25) is 0 Å². The van der Waals surface area contributed by atoms with Gasteiger partial charge in [-0.1, -0.05) is 11.8 Å². The molecule has 1 saturated heterocycles. The van der Waals surface area contributed by atoms with Crippen molar-refractivity contribution in [2.75, 3.05) is 18.5 Å². The van der Waals surface area contributed by atoms with Gasteiger partial charge in [0.1, 0.15) is 6.61 Å². The summed E-state index contributed by atoms with van der Waals surface area (Å²) in [5.41, 5.74) is 1.58. The van der Waals surface area contributed by atoms with E-state index in [9.17, 15) is 4.79 Å². The lowest BCUT2D eigenvalue weighted by atomic mass is 10.0. The van der Waals surface area contributed by atoms with Gasteiger partial charge in [0.25, 0.3) is 0 Å². The lowest BCUT2D eigenvalue weighted by molar-refractivity contribution is -0.117. The number of benzene rings is 1. The molecule has 0 aliphatic carbocycles. The molecule has 1 aromatic carbocycles. The van der Waals surface area contributed by atoms with E-state index in [1.807, 2.05) is 24.3 Å². The molecule has 0 aromatic heterocycles. The third kappa shape index (κ3) is 5.58. The maximum Gasteiger partial charge on any atom is 0.224 e. The molecule has 1 aliphatic heterocycles. The molecule has 0 spiro atoms. The predicted octanol–water partition coefficient (Wildman–Crippen LogP) is 2.32. The topological polar surface area (TPSA) is 58.6 Å². The summed E-state index contributed by atoms with van der Waals surface area (Å²) in [5.74, 6) is 5.41. The highest BCUT2D eigenvalue weighted by Crippen LogP contribution is 2.17. The molecule has 1 fully saturated rings. The first-order valence-electron chi connectivity index (χ1n) is 7.39. The van der Waals surface area contributed by atoms with Crippen LogP contribution in [0, 0.1) is 11.8 Å². The molecule has 0 radical (unpaired) electrons. The molecule has 21 heavy (non-hydrogen) atoms. The fourth-order valence-electron chi connectivity index (χ4n) is 2.33. The van der Waals surface area contributed by atoms with E-state index in [2.05, 4.69) is 17.2 Å². The van der Waals surface area contributed by atoms with E-state index in [0.29, 0.717) is 6.42 Å². The maximum absolute atomic E-state index is 11.9. The molecular weight excluding hydrogens is 266 g/mol. The number of rotatable bonds is 4. The molecule has 1 unspecified atom stereocenters. The zero-order chi connectivity index (χ0) is 14.9. The Morgan fingerprint density at radius 3 is 2.81 bits per heavy atom. The Morgan fingerprint density at radius 1 is 1.33 bits per heavy atom. The summed E-state index contributed by atoms with van der Waals surface area (Å²) in [5, 5.41) is 11.5. The Morgan fingerprint density at radius 2 is 2.14 bits per heavy atom. The van der Waals surface area contributed by atoms with Crippen LogP contribution in [-0.4, -0.2) is 30.3 Å². The van der Waals surface area contributed by atoms with Gasteiger partial charge in [-0.05, 0) is 49.9 Å². The van der Waals surface area contributed by atoms with E-state index in [0.717, 1.165) is 37.1 Å². The summed E-state index contributed by atoms with van der Waals surface area (Å²) >= 11 is 0. The lowest BCUT2D eigenvalue weighted by Crippen LogP contribution is -2.21. The van der Waals surface area contributed by atoms with Gasteiger partial charge in [0, 0.05) is 24.3 Å². The van der Waals surface area contributed by atoms with Crippen LogP contribution in [0.5, 0.6) is 0 Å². The summed E-state index contributed by atoms with van der Waals surface area (Å²) in [6, 6.07) is 7.28. The van der Waals surface area contributed by atoms with Crippen LogP contribution >= 0.6 is 0 Å². The number of nitrogens with one attached hydrogen (secondary N) is 1. The molecule has 1 aliphatic rings. The number of ether oxygens (including phenoxy) is 1. The standard InChI is InChI=1S/C17H21NO3/c19-12-3-4-14-6-8-15(9-7-14)18-17(20)11-10-16-5-1-2-13-21-16/h6-9,16,19H,1-2,5,10-13H2,(H,18,20). The molecule has 4 heteroatoms. The summed E-state index contributed by atoms with van der Waals surface area (Å²) in [6.45, 7) is 0.671. The molecule has 4 nitrogen and oxygen atoms in total. The molecule has 2 rings (SSSR count). The maximum atomic E-state index is 11.9. The number of carbonyl (C=O) groups excluding carboxylic acids is 1. The van der Waals surface area contributed by atoms with Gasteiger partial charge in [-0.15, -0.1) is 0 Å². The van der Waals surface area contributed by atoms with Gasteiger partial charge in [-0.3, -0.25) is 4.79 Å². The number of anilines is 1. The van der Waals surface area contributed by atoms with Gasteiger partial charge < -0.3 is 15.2 Å². The van der Waals surface area contributed by atoms with Crippen molar-refractivity contribution in [3.8, 4) is 11.8 Å². The first-order valence-corrected chi connectivity index (χ1v) is 7.39. The molecule has 112 valence electrons. The number of hydrogen-bond donors (Lipinski definition) is 2. The number of aliphatic hydroxyl groups excluding tert-OH is 1. The van der Waals surface area contributed by atoms with Gasteiger partial charge in [0.2, 0.25) is 5.91 Å². The van der Waals surface area contributed by atoms with E-state index >= 15 is 0 Å². The molecular formula is C17H21NO3. The normalized spacial score (nSPS) is 17.7. The largest absolute Gasteiger partial charge is 0.384 e. The number of hydrogen-bond acceptors (Lipinski definition) is 3. The second kappa shape index (κ2) is 8.46. The number of amides is 1. The van der Waals surface area contributed by atoms with Crippen LogP contribution in [0.4, 0.5) is 5.69 Å². The summed E-state index contributed by atoms with van der Waals surface area (Å²) in [4.78, 5) is 11.9. The zero-order valence-corrected chi connectivity index (χ0v) is 12.1. The minimum atomic E-state index is -0.151. The second-order valence-corrected chi connectivity index (χ2v) is 5.11. The average molecular weight is 287 g/mol. The van der Waals surface area contributed by atoms with Crippen molar-refractivity contribution in [2.45, 2.75) is 38.2 Å². The first-order chi connectivity index (χ1) is 10.3. The van der Waals surface area contributed by atoms with Gasteiger partial charge in [-0.25, -0.2) is 0 Å². The molecule has 0 bridgehead atoms. The Labute approximate surface area is 125 Å². The van der Waals surface area contributed by atoms with E-state index in [1.54, 1.807) is 0 Å². The Kier molecular flexibility index (Phi) is 6.26. The number of aliphatic hydroxyl groups is 1. The fourth-order valence-corrected chi connectivity index (χ4v) is 2.33. The van der Waals surface area contributed by atoms with Crippen molar-refractivity contribution < 1.29 is 14.6 Å². The quantitative estimate of drug-likeness (QED) is 0.836. The summed E-state index contributed by atoms with van der Waals surface area (Å²) < 4.78 is 5.62. The highest BCUT2D eigenvalue weighted by Gasteiger charge is 2.15. The molecule has 0 saturated carbocycles. The monoisotopic (exact) mass is 287 g/mol. The second-order valence-electron chi connectivity index (χ2n) is 5.11. The summed E-state index contributed by atoms with van der Waals surface area (Å²) in [6.07, 6.45) is 4.89. The Hall–Kier alpha value is -1.83. The third-order valence-electron chi connectivity index (χ3n) is 3.45. The minimum absolute atomic E-state index is 0.0124. The average Bonchev–Trinajstić information content (AvgIpc) is 2.53. The van der Waals surface area contributed by atoms with Crippen molar-refractivity contribution >= 4 is 11.6 Å². The Bertz CT molecular complexity index is 507. The first kappa shape index (κ1) is 15.6. The Balaban J connectivity index is 1.76. The lowest BCUT2D eigenvalue weighted by Gasteiger charge is -2.22. The molecule has 1 amide bonds. The van der Waals surface area contributed by atoms with Gasteiger partial charge >= 0.3 is 0 Å². The van der Waals surface area contributed by atoms with E-state index < -0.39 is 0 Å². The van der Waals surface area contributed by atoms with Gasteiger partial charge in [0.15, 0.2) is 0 Å². The van der Waals surface area contributed by atoms with E-state index in [-0.39, 0.29) is 18.6 Å². The van der Waals surface area contributed by atoms with Crippen molar-refractivity contribution in [3.05, 3.63) is 29.8 Å². The van der Waals surface area contributed by atoms with Gasteiger partial charge in [-0.2, -0.15) is 0 Å². The fraction of sp³-hybridized carbons (Fsp3) is 0.471. The van der Waals surface area contributed by atoms with Gasteiger partial charge in [0.05, 0.1) is 6.10 Å². The van der Waals surface area contributed by atoms with Crippen molar-refractivity contribution in [3.63, 3.8) is 0 Å². The van der Waals surface area contributed by atoms with Crippen LogP contribution < -0.4 is 5.32 Å². The smallest absolute Gasteiger partial charge is 0.224 e. The predicted molar refractivity (Wildman–Crippen MR) is 81.9 cm³/mol.